The maximum Gasteiger partial charge on any atom is 0.257 e. The van der Waals surface area contributed by atoms with Crippen molar-refractivity contribution in [1.82, 2.24) is 19.8 Å². The number of morpholine rings is 1. The van der Waals surface area contributed by atoms with Crippen LogP contribution in [0.1, 0.15) is 52.7 Å². The zero-order chi connectivity index (χ0) is 21.8. The molecular formula is C23H27FN4O3. The molecule has 31 heavy (non-hydrogen) atoms. The van der Waals surface area contributed by atoms with Crippen LogP contribution in [0.15, 0.2) is 30.5 Å². The first-order valence-electron chi connectivity index (χ1n) is 10.8. The van der Waals surface area contributed by atoms with Crippen LogP contribution in [0, 0.1) is 12.7 Å². The molecule has 1 aromatic heterocycles. The molecule has 2 aliphatic rings. The van der Waals surface area contributed by atoms with Gasteiger partial charge in [-0.15, -0.1) is 0 Å². The lowest BCUT2D eigenvalue weighted by atomic mass is 9.99. The number of hydrogen-bond acceptors (Lipinski definition) is 5. The van der Waals surface area contributed by atoms with E-state index in [4.69, 9.17) is 4.74 Å². The fourth-order valence-electron chi connectivity index (χ4n) is 4.17. The molecule has 0 unspecified atom stereocenters. The van der Waals surface area contributed by atoms with E-state index in [9.17, 15) is 14.0 Å². The molecule has 1 atom stereocenters. The Bertz CT molecular complexity index is 944. The van der Waals surface area contributed by atoms with E-state index in [0.717, 1.165) is 24.8 Å². The van der Waals surface area contributed by atoms with Gasteiger partial charge in [-0.25, -0.2) is 14.4 Å². The highest BCUT2D eigenvalue weighted by molar-refractivity contribution is 5.95. The highest BCUT2D eigenvalue weighted by atomic mass is 19.1. The van der Waals surface area contributed by atoms with Gasteiger partial charge in [-0.1, -0.05) is 12.1 Å². The van der Waals surface area contributed by atoms with E-state index in [-0.39, 0.29) is 30.1 Å². The number of aryl methyl sites for hydroxylation is 1. The van der Waals surface area contributed by atoms with Crippen molar-refractivity contribution in [3.05, 3.63) is 58.9 Å². The minimum absolute atomic E-state index is 0.0222. The topological polar surface area (TPSA) is 75.6 Å². The number of ether oxygens (including phenoxy) is 1. The lowest BCUT2D eigenvalue weighted by Gasteiger charge is -2.35. The second kappa shape index (κ2) is 9.51. The van der Waals surface area contributed by atoms with Gasteiger partial charge in [-0.3, -0.25) is 9.59 Å². The summed E-state index contributed by atoms with van der Waals surface area (Å²) in [5, 5.41) is 0. The highest BCUT2D eigenvalue weighted by Gasteiger charge is 2.31. The van der Waals surface area contributed by atoms with Gasteiger partial charge in [0.25, 0.3) is 5.91 Å². The third-order valence-electron chi connectivity index (χ3n) is 5.92. The Hall–Kier alpha value is -2.87. The molecule has 0 radical (unpaired) electrons. The van der Waals surface area contributed by atoms with E-state index < -0.39 is 0 Å². The number of halogens is 1. The second-order valence-corrected chi connectivity index (χ2v) is 8.03. The molecule has 0 bridgehead atoms. The summed E-state index contributed by atoms with van der Waals surface area (Å²) in [5.74, 6) is 0.150. The van der Waals surface area contributed by atoms with Gasteiger partial charge in [0.05, 0.1) is 36.9 Å². The number of nitrogens with zero attached hydrogens (tertiary/aromatic N) is 4. The van der Waals surface area contributed by atoms with Gasteiger partial charge in [0.15, 0.2) is 5.82 Å². The van der Waals surface area contributed by atoms with E-state index in [2.05, 4.69) is 9.97 Å². The van der Waals surface area contributed by atoms with E-state index in [1.54, 1.807) is 23.2 Å². The average Bonchev–Trinajstić information content (AvgIpc) is 2.80. The van der Waals surface area contributed by atoms with Gasteiger partial charge < -0.3 is 14.5 Å². The van der Waals surface area contributed by atoms with Gasteiger partial charge in [-0.2, -0.15) is 0 Å². The molecule has 2 amide bonds. The van der Waals surface area contributed by atoms with Crippen LogP contribution in [0.3, 0.4) is 0 Å². The normalized spacial score (nSPS) is 19.4. The van der Waals surface area contributed by atoms with Crippen LogP contribution in [-0.4, -0.2) is 64.4 Å². The number of rotatable bonds is 4. The largest absolute Gasteiger partial charge is 0.378 e. The minimum Gasteiger partial charge on any atom is -0.378 e. The molecule has 2 aromatic rings. The van der Waals surface area contributed by atoms with E-state index in [1.807, 2.05) is 11.8 Å². The number of carbonyl (C=O) groups excluding carboxylic acids is 2. The van der Waals surface area contributed by atoms with Gasteiger partial charge in [-0.05, 0) is 43.9 Å². The molecule has 2 fully saturated rings. The third-order valence-corrected chi connectivity index (χ3v) is 5.92. The molecule has 2 aliphatic heterocycles. The first-order valence-corrected chi connectivity index (χ1v) is 10.8. The molecule has 4 rings (SSSR count). The first kappa shape index (κ1) is 21.4. The van der Waals surface area contributed by atoms with Crippen molar-refractivity contribution in [2.75, 3.05) is 32.8 Å². The quantitative estimate of drug-likeness (QED) is 0.752. The van der Waals surface area contributed by atoms with Gasteiger partial charge in [0.2, 0.25) is 5.91 Å². The lowest BCUT2D eigenvalue weighted by Crippen LogP contribution is -2.41. The van der Waals surface area contributed by atoms with Gasteiger partial charge >= 0.3 is 0 Å². The molecule has 8 heteroatoms. The Kier molecular flexibility index (Phi) is 6.56. The average molecular weight is 426 g/mol. The van der Waals surface area contributed by atoms with Crippen LogP contribution in [0.2, 0.25) is 0 Å². The van der Waals surface area contributed by atoms with Crippen LogP contribution >= 0.6 is 0 Å². The van der Waals surface area contributed by atoms with Crippen molar-refractivity contribution < 1.29 is 18.7 Å². The second-order valence-electron chi connectivity index (χ2n) is 8.03. The van der Waals surface area contributed by atoms with Crippen molar-refractivity contribution in [1.29, 1.82) is 0 Å². The minimum atomic E-state index is -0.317. The van der Waals surface area contributed by atoms with Crippen molar-refractivity contribution in [3.8, 4) is 0 Å². The molecule has 1 aromatic carbocycles. The Morgan fingerprint density at radius 1 is 1.13 bits per heavy atom. The summed E-state index contributed by atoms with van der Waals surface area (Å²) in [6.07, 6.45) is 4.50. The summed E-state index contributed by atoms with van der Waals surface area (Å²) >= 11 is 0. The van der Waals surface area contributed by atoms with Crippen LogP contribution in [0.5, 0.6) is 0 Å². The van der Waals surface area contributed by atoms with Crippen LogP contribution < -0.4 is 0 Å². The van der Waals surface area contributed by atoms with Gasteiger partial charge in [0.1, 0.15) is 5.82 Å². The highest BCUT2D eigenvalue weighted by Crippen LogP contribution is 2.30. The third kappa shape index (κ3) is 4.90. The fraction of sp³-hybridized carbons (Fsp3) is 0.478. The number of likely N-dealkylation sites (tertiary alicyclic amines) is 1. The standard InChI is InChI=1S/C23H27FN4O3/c1-16-19(23(30)27-10-12-31-13-11-27)15-25-22(26-16)20-4-2-3-9-28(20)21(29)14-17-5-7-18(24)8-6-17/h5-8,15,20H,2-4,9-14H2,1H3/t20-/m0/s1. The Balaban J connectivity index is 1.50. The van der Waals surface area contributed by atoms with E-state index in [0.29, 0.717) is 49.9 Å². The summed E-state index contributed by atoms with van der Waals surface area (Å²) in [7, 11) is 0. The van der Waals surface area contributed by atoms with Crippen molar-refractivity contribution >= 4 is 11.8 Å². The molecule has 2 saturated heterocycles. The van der Waals surface area contributed by atoms with Crippen LogP contribution in [0.4, 0.5) is 4.39 Å². The zero-order valence-electron chi connectivity index (χ0n) is 17.7. The first-order chi connectivity index (χ1) is 15.0. The summed E-state index contributed by atoms with van der Waals surface area (Å²) in [6, 6.07) is 5.80. The number of carbonyl (C=O) groups is 2. The Morgan fingerprint density at radius 2 is 1.87 bits per heavy atom. The van der Waals surface area contributed by atoms with Crippen molar-refractivity contribution in [2.24, 2.45) is 0 Å². The zero-order valence-corrected chi connectivity index (χ0v) is 17.7. The Labute approximate surface area is 181 Å². The number of piperidine rings is 1. The number of aromatic nitrogens is 2. The van der Waals surface area contributed by atoms with E-state index >= 15 is 0 Å². The summed E-state index contributed by atoms with van der Waals surface area (Å²) in [6.45, 7) is 4.66. The SMILES string of the molecule is Cc1nc([C@@H]2CCCCN2C(=O)Cc2ccc(F)cc2)ncc1C(=O)N1CCOCC1. The molecule has 0 saturated carbocycles. The molecule has 0 N–H and O–H groups in total. The predicted octanol–water partition coefficient (Wildman–Crippen LogP) is 2.69. The number of benzene rings is 1. The molecule has 164 valence electrons. The van der Waals surface area contributed by atoms with Crippen LogP contribution in [0.25, 0.3) is 0 Å². The molecule has 0 spiro atoms. The molecule has 3 heterocycles. The predicted molar refractivity (Wildman–Crippen MR) is 112 cm³/mol. The number of hydrogen-bond donors (Lipinski definition) is 0. The molecule has 7 nitrogen and oxygen atoms in total. The number of amides is 2. The Morgan fingerprint density at radius 3 is 2.58 bits per heavy atom. The molecular weight excluding hydrogens is 399 g/mol. The fourth-order valence-corrected chi connectivity index (χ4v) is 4.17. The summed E-state index contributed by atoms with van der Waals surface area (Å²) < 4.78 is 18.5. The monoisotopic (exact) mass is 426 g/mol. The smallest absolute Gasteiger partial charge is 0.257 e. The van der Waals surface area contributed by atoms with E-state index in [1.165, 1.54) is 12.1 Å². The maximum absolute atomic E-state index is 13.2. The van der Waals surface area contributed by atoms with Crippen LogP contribution in [-0.2, 0) is 16.0 Å². The van der Waals surface area contributed by atoms with Gasteiger partial charge in [0, 0.05) is 25.8 Å². The molecule has 0 aliphatic carbocycles. The maximum atomic E-state index is 13.2. The van der Waals surface area contributed by atoms with Crippen molar-refractivity contribution in [3.63, 3.8) is 0 Å². The lowest BCUT2D eigenvalue weighted by molar-refractivity contribution is -0.134. The van der Waals surface area contributed by atoms with Crippen molar-refractivity contribution in [2.45, 2.75) is 38.6 Å². The summed E-state index contributed by atoms with van der Waals surface area (Å²) in [4.78, 5) is 38.5. The summed E-state index contributed by atoms with van der Waals surface area (Å²) in [5.41, 5.74) is 1.89.